The highest BCUT2D eigenvalue weighted by Gasteiger charge is 2.90. The van der Waals surface area contributed by atoms with Crippen LogP contribution in [0, 0.1) is 39.9 Å². The number of ketones is 1. The average molecular weight is 573 g/mol. The Morgan fingerprint density at radius 3 is 2.46 bits per heavy atom. The lowest BCUT2D eigenvalue weighted by atomic mass is 9.36. The van der Waals surface area contributed by atoms with Crippen LogP contribution in [0.3, 0.4) is 0 Å². The van der Waals surface area contributed by atoms with Gasteiger partial charge < -0.3 is 28.5 Å². The molecule has 3 saturated carbocycles. The second-order valence-corrected chi connectivity index (χ2v) is 14.2. The number of Topliss-reactive ketones (excluding diaryl/α,β-unsaturated/α-hetero) is 1. The van der Waals surface area contributed by atoms with E-state index in [0.29, 0.717) is 12.8 Å². The van der Waals surface area contributed by atoms with E-state index in [-0.39, 0.29) is 12.8 Å². The number of methoxy groups -OCH3 is 1. The van der Waals surface area contributed by atoms with Crippen molar-refractivity contribution in [3.05, 3.63) is 24.2 Å². The highest BCUT2D eigenvalue weighted by atomic mass is 16.6. The smallest absolute Gasteiger partial charge is 0.308 e. The summed E-state index contributed by atoms with van der Waals surface area (Å²) in [5, 5.41) is 12.6. The molecule has 1 spiro atoms. The van der Waals surface area contributed by atoms with Gasteiger partial charge in [-0.05, 0) is 24.8 Å². The van der Waals surface area contributed by atoms with Crippen LogP contribution in [0.4, 0.5) is 0 Å². The Morgan fingerprint density at radius 1 is 1.15 bits per heavy atom. The van der Waals surface area contributed by atoms with Gasteiger partial charge in [0.15, 0.2) is 11.4 Å². The first-order valence-electron chi connectivity index (χ1n) is 14.5. The molecule has 5 fully saturated rings. The third kappa shape index (κ3) is 3.37. The molecule has 2 saturated heterocycles. The van der Waals surface area contributed by atoms with Crippen molar-refractivity contribution in [3.8, 4) is 0 Å². The zero-order chi connectivity index (χ0) is 29.9. The Labute approximate surface area is 239 Å². The molecule has 2 bridgehead atoms. The first-order valence-corrected chi connectivity index (χ1v) is 14.5. The molecular weight excluding hydrogens is 532 g/mol. The second kappa shape index (κ2) is 8.66. The van der Waals surface area contributed by atoms with Gasteiger partial charge in [-0.2, -0.15) is 0 Å². The van der Waals surface area contributed by atoms with Crippen molar-refractivity contribution in [2.24, 2.45) is 39.9 Å². The molecule has 10 unspecified atom stereocenters. The fraction of sp³-hybridized carbons (Fsp3) is 0.742. The molecule has 10 heteroatoms. The standard InChI is InChI=1S/C31H40O10/c1-15(2)23(34)40-25-27(3,4)18(12-20(32)37-7)29(6)17-8-10-28(5)19(31(17)26(41-31)30(25,36)24(29)35)13-21(33)39-22(28)16-9-11-38-14-16/h9,11,14-15,17-19,22,25-26,36H,8,10,12-13H2,1-7H3. The maximum absolute atomic E-state index is 14.6. The summed E-state index contributed by atoms with van der Waals surface area (Å²) in [5.41, 5.74) is -5.30. The fourth-order valence-corrected chi connectivity index (χ4v) is 9.68. The number of carbonyl (C=O) groups excluding carboxylic acids is 4. The Kier molecular flexibility index (Phi) is 6.00. The molecule has 0 amide bonds. The van der Waals surface area contributed by atoms with Crippen molar-refractivity contribution in [1.82, 2.24) is 0 Å². The summed E-state index contributed by atoms with van der Waals surface area (Å²) in [6, 6.07) is 1.78. The minimum absolute atomic E-state index is 0.0553. The predicted octanol–water partition coefficient (Wildman–Crippen LogP) is 3.54. The monoisotopic (exact) mass is 572 g/mol. The van der Waals surface area contributed by atoms with Gasteiger partial charge in [-0.15, -0.1) is 0 Å². The zero-order valence-corrected chi connectivity index (χ0v) is 24.7. The maximum Gasteiger partial charge on any atom is 0.308 e. The van der Waals surface area contributed by atoms with Crippen LogP contribution in [0.25, 0.3) is 0 Å². The lowest BCUT2D eigenvalue weighted by Crippen LogP contribution is -2.80. The van der Waals surface area contributed by atoms with Gasteiger partial charge in [0.05, 0.1) is 32.0 Å². The van der Waals surface area contributed by atoms with E-state index < -0.39 is 93.1 Å². The molecule has 5 aliphatic rings. The van der Waals surface area contributed by atoms with Crippen LogP contribution in [-0.2, 0) is 38.1 Å². The normalized spacial score (nSPS) is 45.6. The first kappa shape index (κ1) is 28.4. The van der Waals surface area contributed by atoms with Crippen molar-refractivity contribution in [3.63, 3.8) is 0 Å². The Bertz CT molecular complexity index is 1300. The van der Waals surface area contributed by atoms with Gasteiger partial charge in [0.2, 0.25) is 0 Å². The highest BCUT2D eigenvalue weighted by Crippen LogP contribution is 2.78. The van der Waals surface area contributed by atoms with Gasteiger partial charge in [-0.3, -0.25) is 19.2 Å². The number of carbonyl (C=O) groups is 4. The molecule has 41 heavy (non-hydrogen) atoms. The molecule has 1 aromatic heterocycles. The van der Waals surface area contributed by atoms with Gasteiger partial charge in [0.1, 0.15) is 23.9 Å². The third-order valence-electron chi connectivity index (χ3n) is 11.6. The zero-order valence-electron chi connectivity index (χ0n) is 24.7. The van der Waals surface area contributed by atoms with E-state index in [9.17, 15) is 24.3 Å². The number of epoxide rings is 1. The fourth-order valence-electron chi connectivity index (χ4n) is 9.68. The molecule has 10 atom stereocenters. The Balaban J connectivity index is 1.53. The van der Waals surface area contributed by atoms with Gasteiger partial charge >= 0.3 is 17.9 Å². The summed E-state index contributed by atoms with van der Waals surface area (Å²) in [5.74, 6) is -3.87. The summed E-state index contributed by atoms with van der Waals surface area (Å²) >= 11 is 0. The summed E-state index contributed by atoms with van der Waals surface area (Å²) in [4.78, 5) is 53.6. The number of esters is 3. The molecule has 0 aromatic carbocycles. The van der Waals surface area contributed by atoms with Gasteiger partial charge in [0.25, 0.3) is 0 Å². The minimum atomic E-state index is -2.17. The van der Waals surface area contributed by atoms with Gasteiger partial charge in [-0.25, -0.2) is 0 Å². The summed E-state index contributed by atoms with van der Waals surface area (Å²) in [6.07, 6.45) is 1.39. The lowest BCUT2D eigenvalue weighted by molar-refractivity contribution is -0.252. The summed E-state index contributed by atoms with van der Waals surface area (Å²) in [7, 11) is 1.30. The van der Waals surface area contributed by atoms with Gasteiger partial charge in [0, 0.05) is 40.1 Å². The molecule has 1 aromatic rings. The van der Waals surface area contributed by atoms with E-state index in [4.69, 9.17) is 23.4 Å². The van der Waals surface area contributed by atoms with Crippen molar-refractivity contribution in [2.45, 2.75) is 96.7 Å². The molecule has 0 radical (unpaired) electrons. The molecular formula is C31H40O10. The molecule has 2 aliphatic heterocycles. The summed E-state index contributed by atoms with van der Waals surface area (Å²) < 4.78 is 28.9. The van der Waals surface area contributed by atoms with Crippen LogP contribution in [-0.4, -0.2) is 59.3 Å². The average Bonchev–Trinajstić information content (AvgIpc) is 3.40. The SMILES string of the molecule is COC(=O)CC1C(C)(C)C(OC(=O)C(C)C)C2(O)C(=O)C1(C)C1CCC3(C)C(c4ccoc4)OC(=O)CC3C13OC23. The summed E-state index contributed by atoms with van der Waals surface area (Å²) in [6.45, 7) is 10.9. The van der Waals surface area contributed by atoms with Crippen LogP contribution >= 0.6 is 0 Å². The number of hydrogen-bond donors (Lipinski definition) is 1. The van der Waals surface area contributed by atoms with Crippen LogP contribution < -0.4 is 0 Å². The number of ether oxygens (including phenoxy) is 4. The van der Waals surface area contributed by atoms with E-state index in [0.717, 1.165) is 5.56 Å². The molecule has 6 rings (SSSR count). The predicted molar refractivity (Wildman–Crippen MR) is 141 cm³/mol. The van der Waals surface area contributed by atoms with Crippen LogP contribution in [0.2, 0.25) is 0 Å². The number of furan rings is 1. The maximum atomic E-state index is 14.6. The van der Waals surface area contributed by atoms with E-state index in [1.807, 2.05) is 20.8 Å². The highest BCUT2D eigenvalue weighted by molar-refractivity contribution is 5.99. The van der Waals surface area contributed by atoms with E-state index in [2.05, 4.69) is 6.92 Å². The number of cyclic esters (lactones) is 1. The number of aliphatic hydroxyl groups is 1. The van der Waals surface area contributed by atoms with Crippen LogP contribution in [0.1, 0.15) is 78.9 Å². The van der Waals surface area contributed by atoms with E-state index in [1.54, 1.807) is 26.2 Å². The molecule has 224 valence electrons. The lowest BCUT2D eigenvalue weighted by Gasteiger charge is -2.66. The Morgan fingerprint density at radius 2 is 1.85 bits per heavy atom. The molecule has 10 nitrogen and oxygen atoms in total. The minimum Gasteiger partial charge on any atom is -0.472 e. The van der Waals surface area contributed by atoms with Crippen molar-refractivity contribution in [1.29, 1.82) is 0 Å². The number of rotatable bonds is 5. The van der Waals surface area contributed by atoms with Crippen molar-refractivity contribution < 1.29 is 47.6 Å². The number of fused-ring (bicyclic) bond motifs is 5. The molecule has 3 aliphatic carbocycles. The largest absolute Gasteiger partial charge is 0.472 e. The molecule has 3 heterocycles. The first-order chi connectivity index (χ1) is 19.1. The quantitative estimate of drug-likeness (QED) is 0.316. The molecule has 1 N–H and O–H groups in total. The van der Waals surface area contributed by atoms with Crippen LogP contribution in [0.5, 0.6) is 0 Å². The van der Waals surface area contributed by atoms with E-state index >= 15 is 0 Å². The van der Waals surface area contributed by atoms with Crippen molar-refractivity contribution in [2.75, 3.05) is 7.11 Å². The van der Waals surface area contributed by atoms with Crippen molar-refractivity contribution >= 4 is 23.7 Å². The third-order valence-corrected chi connectivity index (χ3v) is 11.6. The topological polar surface area (TPSA) is 142 Å². The second-order valence-electron chi connectivity index (χ2n) is 14.2. The number of hydrogen-bond acceptors (Lipinski definition) is 10. The van der Waals surface area contributed by atoms with Crippen LogP contribution in [0.15, 0.2) is 23.0 Å². The Hall–Kier alpha value is -2.72. The van der Waals surface area contributed by atoms with E-state index in [1.165, 1.54) is 13.4 Å². The van der Waals surface area contributed by atoms with Gasteiger partial charge in [-0.1, -0.05) is 41.5 Å².